The van der Waals surface area contributed by atoms with Crippen LogP contribution in [0.3, 0.4) is 0 Å². The number of piperazine rings is 1. The van der Waals surface area contributed by atoms with Gasteiger partial charge in [-0.15, -0.1) is 0 Å². The summed E-state index contributed by atoms with van der Waals surface area (Å²) >= 11 is 0. The lowest BCUT2D eigenvalue weighted by Crippen LogP contribution is -2.45. The molecule has 7 heteroatoms. The van der Waals surface area contributed by atoms with E-state index in [1.807, 2.05) is 0 Å². The normalized spacial score (nSPS) is 17.2. The molecule has 3 rings (SSSR count). The van der Waals surface area contributed by atoms with E-state index in [0.717, 1.165) is 32.0 Å². The average Bonchev–Trinajstić information content (AvgIpc) is 2.89. The van der Waals surface area contributed by atoms with Crippen molar-refractivity contribution in [1.82, 2.24) is 24.9 Å². The first kappa shape index (κ1) is 14.1. The van der Waals surface area contributed by atoms with E-state index in [2.05, 4.69) is 24.9 Å². The lowest BCUT2D eigenvalue weighted by Gasteiger charge is -2.34. The summed E-state index contributed by atoms with van der Waals surface area (Å²) in [5, 5.41) is 3.91. The number of hydrogen-bond acceptors (Lipinski definition) is 6. The molecule has 1 aliphatic heterocycles. The number of aromatic nitrogens is 3. The van der Waals surface area contributed by atoms with Crippen LogP contribution >= 0.6 is 0 Å². The summed E-state index contributed by atoms with van der Waals surface area (Å²) in [7, 11) is 0. The fourth-order valence-corrected chi connectivity index (χ4v) is 2.48. The molecule has 112 valence electrons. The molecule has 21 heavy (non-hydrogen) atoms. The van der Waals surface area contributed by atoms with Gasteiger partial charge in [-0.05, 0) is 6.07 Å². The van der Waals surface area contributed by atoms with E-state index < -0.39 is 0 Å². The van der Waals surface area contributed by atoms with Crippen molar-refractivity contribution < 1.29 is 8.91 Å². The third-order valence-electron chi connectivity index (χ3n) is 3.65. The number of pyridine rings is 1. The first-order valence-electron chi connectivity index (χ1n) is 7.03. The van der Waals surface area contributed by atoms with Crippen molar-refractivity contribution in [1.29, 1.82) is 0 Å². The zero-order chi connectivity index (χ0) is 14.7. The maximum atomic E-state index is 13.6. The summed E-state index contributed by atoms with van der Waals surface area (Å²) in [6.07, 6.45) is 2.90. The number of aryl methyl sites for hydroxylation is 1. The van der Waals surface area contributed by atoms with Crippen LogP contribution in [0.4, 0.5) is 4.39 Å². The molecule has 0 spiro atoms. The van der Waals surface area contributed by atoms with E-state index in [1.165, 1.54) is 6.20 Å². The molecule has 0 atom stereocenters. The van der Waals surface area contributed by atoms with Crippen molar-refractivity contribution >= 4 is 0 Å². The molecule has 0 N–H and O–H groups in total. The Kier molecular flexibility index (Phi) is 4.21. The van der Waals surface area contributed by atoms with Gasteiger partial charge in [-0.2, -0.15) is 4.98 Å². The molecule has 0 aromatic carbocycles. The first-order chi connectivity index (χ1) is 10.2. The van der Waals surface area contributed by atoms with E-state index in [-0.39, 0.29) is 5.82 Å². The van der Waals surface area contributed by atoms with E-state index in [1.54, 1.807) is 19.2 Å². The molecule has 0 aliphatic carbocycles. The van der Waals surface area contributed by atoms with Crippen LogP contribution in [0.5, 0.6) is 0 Å². The zero-order valence-electron chi connectivity index (χ0n) is 12.0. The third-order valence-corrected chi connectivity index (χ3v) is 3.65. The SMILES string of the molecule is Cc1nc(CN2CCN(Cc3ccncc3F)CC2)no1. The fraction of sp³-hybridized carbons (Fsp3) is 0.500. The number of hydrogen-bond donors (Lipinski definition) is 0. The summed E-state index contributed by atoms with van der Waals surface area (Å²) in [5.74, 6) is 1.08. The van der Waals surface area contributed by atoms with Gasteiger partial charge in [0.05, 0.1) is 12.7 Å². The summed E-state index contributed by atoms with van der Waals surface area (Å²) in [6, 6.07) is 1.74. The summed E-state index contributed by atoms with van der Waals surface area (Å²) < 4.78 is 18.6. The van der Waals surface area contributed by atoms with Gasteiger partial charge in [-0.25, -0.2) is 4.39 Å². The number of rotatable bonds is 4. The second-order valence-electron chi connectivity index (χ2n) is 5.25. The summed E-state index contributed by atoms with van der Waals surface area (Å²) in [6.45, 7) is 6.76. The fourth-order valence-electron chi connectivity index (χ4n) is 2.48. The van der Waals surface area contributed by atoms with Crippen LogP contribution < -0.4 is 0 Å². The van der Waals surface area contributed by atoms with Crippen molar-refractivity contribution in [2.45, 2.75) is 20.0 Å². The molecule has 2 aromatic heterocycles. The topological polar surface area (TPSA) is 58.3 Å². The summed E-state index contributed by atoms with van der Waals surface area (Å²) in [5.41, 5.74) is 0.701. The molecule has 1 fully saturated rings. The van der Waals surface area contributed by atoms with Gasteiger partial charge in [0.1, 0.15) is 5.82 Å². The van der Waals surface area contributed by atoms with Crippen LogP contribution in [-0.2, 0) is 13.1 Å². The van der Waals surface area contributed by atoms with E-state index in [4.69, 9.17) is 4.52 Å². The molecule has 1 aliphatic rings. The molecule has 6 nitrogen and oxygen atoms in total. The molecular formula is C14H18FN5O. The van der Waals surface area contributed by atoms with Gasteiger partial charge in [0, 0.05) is 51.4 Å². The minimum Gasteiger partial charge on any atom is -0.340 e. The molecule has 0 radical (unpaired) electrons. The highest BCUT2D eigenvalue weighted by atomic mass is 19.1. The number of halogens is 1. The van der Waals surface area contributed by atoms with Crippen molar-refractivity contribution in [2.75, 3.05) is 26.2 Å². The molecule has 2 aromatic rings. The highest BCUT2D eigenvalue weighted by Crippen LogP contribution is 2.12. The van der Waals surface area contributed by atoms with Gasteiger partial charge in [0.25, 0.3) is 0 Å². The average molecular weight is 291 g/mol. The predicted octanol–water partition coefficient (Wildman–Crippen LogP) is 1.23. The Morgan fingerprint density at radius 1 is 1.19 bits per heavy atom. The minimum absolute atomic E-state index is 0.234. The van der Waals surface area contributed by atoms with Crippen LogP contribution in [0.15, 0.2) is 23.0 Å². The molecule has 1 saturated heterocycles. The van der Waals surface area contributed by atoms with Gasteiger partial charge < -0.3 is 4.52 Å². The third kappa shape index (κ3) is 3.62. The Labute approximate surface area is 122 Å². The lowest BCUT2D eigenvalue weighted by atomic mass is 10.2. The van der Waals surface area contributed by atoms with Crippen LogP contribution in [0.25, 0.3) is 0 Å². The minimum atomic E-state index is -0.234. The van der Waals surface area contributed by atoms with Gasteiger partial charge >= 0.3 is 0 Å². The Morgan fingerprint density at radius 3 is 2.52 bits per heavy atom. The highest BCUT2D eigenvalue weighted by Gasteiger charge is 2.19. The first-order valence-corrected chi connectivity index (χ1v) is 7.03. The Balaban J connectivity index is 1.50. The van der Waals surface area contributed by atoms with Crippen LogP contribution in [0, 0.1) is 12.7 Å². The maximum Gasteiger partial charge on any atom is 0.223 e. The highest BCUT2D eigenvalue weighted by molar-refractivity contribution is 5.12. The molecule has 0 saturated carbocycles. The quantitative estimate of drug-likeness (QED) is 0.844. The van der Waals surface area contributed by atoms with E-state index in [9.17, 15) is 4.39 Å². The van der Waals surface area contributed by atoms with Crippen molar-refractivity contribution in [3.63, 3.8) is 0 Å². The van der Waals surface area contributed by atoms with Crippen molar-refractivity contribution in [2.24, 2.45) is 0 Å². The zero-order valence-corrected chi connectivity index (χ0v) is 12.0. The Morgan fingerprint density at radius 2 is 1.90 bits per heavy atom. The second kappa shape index (κ2) is 6.28. The van der Waals surface area contributed by atoms with Crippen molar-refractivity contribution in [3.05, 3.63) is 41.6 Å². The summed E-state index contributed by atoms with van der Waals surface area (Å²) in [4.78, 5) is 12.5. The Bertz CT molecular complexity index is 595. The molecule has 0 amide bonds. The van der Waals surface area contributed by atoms with Crippen LogP contribution in [0.2, 0.25) is 0 Å². The standard InChI is InChI=1S/C14H18FN5O/c1-11-17-14(18-21-11)10-20-6-4-19(5-7-20)9-12-2-3-16-8-13(12)15/h2-3,8H,4-7,9-10H2,1H3. The van der Waals surface area contributed by atoms with Crippen LogP contribution in [-0.4, -0.2) is 51.1 Å². The van der Waals surface area contributed by atoms with Gasteiger partial charge in [0.15, 0.2) is 5.82 Å². The molecule has 3 heterocycles. The van der Waals surface area contributed by atoms with Crippen molar-refractivity contribution in [3.8, 4) is 0 Å². The largest absolute Gasteiger partial charge is 0.340 e. The van der Waals surface area contributed by atoms with Gasteiger partial charge in [-0.1, -0.05) is 5.16 Å². The second-order valence-corrected chi connectivity index (χ2v) is 5.25. The maximum absolute atomic E-state index is 13.6. The van der Waals surface area contributed by atoms with Crippen LogP contribution in [0.1, 0.15) is 17.3 Å². The molecule has 0 bridgehead atoms. The molecular weight excluding hydrogens is 273 g/mol. The predicted molar refractivity (Wildman–Crippen MR) is 73.8 cm³/mol. The number of nitrogens with zero attached hydrogens (tertiary/aromatic N) is 5. The molecule has 0 unspecified atom stereocenters. The Hall–Kier alpha value is -1.86. The lowest BCUT2D eigenvalue weighted by molar-refractivity contribution is 0.118. The van der Waals surface area contributed by atoms with E-state index in [0.29, 0.717) is 24.5 Å². The van der Waals surface area contributed by atoms with Gasteiger partial charge in [-0.3, -0.25) is 14.8 Å². The monoisotopic (exact) mass is 291 g/mol. The van der Waals surface area contributed by atoms with Gasteiger partial charge in [0.2, 0.25) is 5.89 Å². The smallest absolute Gasteiger partial charge is 0.223 e. The van der Waals surface area contributed by atoms with E-state index >= 15 is 0 Å².